The lowest BCUT2D eigenvalue weighted by atomic mass is 10.0. The molecule has 1 saturated heterocycles. The normalized spacial score (nSPS) is 23.0. The summed E-state index contributed by atoms with van der Waals surface area (Å²) in [5, 5.41) is 7.05. The van der Waals surface area contributed by atoms with Gasteiger partial charge in [-0.15, -0.1) is 0 Å². The zero-order valence-corrected chi connectivity index (χ0v) is 19.9. The largest absolute Gasteiger partial charge is 0.378 e. The summed E-state index contributed by atoms with van der Waals surface area (Å²) in [5.41, 5.74) is 6.84. The van der Waals surface area contributed by atoms with Crippen LogP contribution in [0.1, 0.15) is 45.7 Å². The predicted molar refractivity (Wildman–Crippen MR) is 134 cm³/mol. The van der Waals surface area contributed by atoms with Crippen molar-refractivity contribution in [2.75, 3.05) is 36.2 Å². The minimum atomic E-state index is 0.359. The molecule has 2 aromatic heterocycles. The molecule has 3 aliphatic rings. The Morgan fingerprint density at radius 1 is 1.27 bits per heavy atom. The van der Waals surface area contributed by atoms with Gasteiger partial charge in [0.1, 0.15) is 5.82 Å². The lowest BCUT2D eigenvalue weighted by Gasteiger charge is -2.30. The minimum absolute atomic E-state index is 0.359. The van der Waals surface area contributed by atoms with Crippen molar-refractivity contribution in [2.45, 2.75) is 46.1 Å². The zero-order chi connectivity index (χ0) is 22.8. The van der Waals surface area contributed by atoms with Gasteiger partial charge in [0.25, 0.3) is 0 Å². The Kier molecular flexibility index (Phi) is 6.08. The summed E-state index contributed by atoms with van der Waals surface area (Å²) in [7, 11) is 0. The van der Waals surface area contributed by atoms with Gasteiger partial charge in [-0.2, -0.15) is 9.61 Å². The minimum Gasteiger partial charge on any atom is -0.378 e. The van der Waals surface area contributed by atoms with Crippen LogP contribution in [-0.4, -0.2) is 46.9 Å². The first-order valence-corrected chi connectivity index (χ1v) is 12.1. The summed E-state index contributed by atoms with van der Waals surface area (Å²) in [6.45, 7) is 9.65. The van der Waals surface area contributed by atoms with Gasteiger partial charge in [-0.05, 0) is 37.7 Å². The van der Waals surface area contributed by atoms with E-state index in [2.05, 4.69) is 84.0 Å². The van der Waals surface area contributed by atoms with Crippen LogP contribution in [0.5, 0.6) is 0 Å². The highest BCUT2D eigenvalue weighted by Gasteiger charge is 2.45. The van der Waals surface area contributed by atoms with Gasteiger partial charge in [0.2, 0.25) is 0 Å². The number of hydrazine groups is 1. The quantitative estimate of drug-likeness (QED) is 0.632. The van der Waals surface area contributed by atoms with E-state index in [1.54, 1.807) is 0 Å². The molecule has 2 aliphatic heterocycles. The molecule has 174 valence electrons. The molecule has 0 spiro atoms. The highest BCUT2D eigenvalue weighted by atomic mass is 16.5. The van der Waals surface area contributed by atoms with Gasteiger partial charge in [-0.3, -0.25) is 5.01 Å². The lowest BCUT2D eigenvalue weighted by Crippen LogP contribution is -2.41. The Morgan fingerprint density at radius 3 is 2.82 bits per heavy atom. The number of fused-ring (bicyclic) bond motifs is 1. The van der Waals surface area contributed by atoms with Crippen molar-refractivity contribution in [3.63, 3.8) is 0 Å². The van der Waals surface area contributed by atoms with Gasteiger partial charge in [0, 0.05) is 37.0 Å². The Labute approximate surface area is 196 Å². The number of rotatable bonds is 7. The molecule has 4 heterocycles. The first-order chi connectivity index (χ1) is 16.1. The second kappa shape index (κ2) is 9.15. The number of anilines is 2. The molecule has 1 unspecified atom stereocenters. The Hall–Kier alpha value is -2.90. The average Bonchev–Trinajstić information content (AvgIpc) is 3.24. The number of hydrogen-bond acceptors (Lipinski definition) is 6. The van der Waals surface area contributed by atoms with E-state index in [4.69, 9.17) is 14.8 Å². The van der Waals surface area contributed by atoms with E-state index < -0.39 is 0 Å². The van der Waals surface area contributed by atoms with E-state index in [0.29, 0.717) is 11.5 Å². The van der Waals surface area contributed by atoms with Gasteiger partial charge in [0.05, 0.1) is 24.9 Å². The van der Waals surface area contributed by atoms with E-state index in [0.717, 1.165) is 61.3 Å². The number of morpholine rings is 1. The number of nitrogens with zero attached hydrogens (tertiary/aromatic N) is 5. The van der Waals surface area contributed by atoms with Crippen LogP contribution in [-0.2, 0) is 4.74 Å². The Balaban J connectivity index is 1.55. The SMILES string of the molecule is C\C=C/C(=C\C=C\CC)c1cc2nc(N3C=CC(C4(C)CC4)N3)cc(N3CCOCC3)n2n1. The second-order valence-corrected chi connectivity index (χ2v) is 9.30. The van der Waals surface area contributed by atoms with E-state index in [1.165, 1.54) is 12.8 Å². The lowest BCUT2D eigenvalue weighted by molar-refractivity contribution is 0.122. The number of nitrogens with one attached hydrogen (secondary N) is 1. The molecule has 7 nitrogen and oxygen atoms in total. The van der Waals surface area contributed by atoms with Gasteiger partial charge >= 0.3 is 0 Å². The number of hydrogen-bond donors (Lipinski definition) is 1. The maximum absolute atomic E-state index is 5.61. The topological polar surface area (TPSA) is 57.9 Å². The molecule has 2 aromatic rings. The maximum Gasteiger partial charge on any atom is 0.160 e. The van der Waals surface area contributed by atoms with E-state index in [1.807, 2.05) is 11.4 Å². The molecule has 1 aliphatic carbocycles. The molecule has 0 bridgehead atoms. The third kappa shape index (κ3) is 4.48. The molecule has 7 heteroatoms. The van der Waals surface area contributed by atoms with E-state index in [9.17, 15) is 0 Å². The molecule has 33 heavy (non-hydrogen) atoms. The first-order valence-electron chi connectivity index (χ1n) is 12.1. The fourth-order valence-corrected chi connectivity index (χ4v) is 4.39. The Bertz CT molecular complexity index is 1120. The highest BCUT2D eigenvalue weighted by Crippen LogP contribution is 2.49. The van der Waals surface area contributed by atoms with Crippen molar-refractivity contribution < 1.29 is 4.74 Å². The summed E-state index contributed by atoms with van der Waals surface area (Å²) in [4.78, 5) is 7.34. The average molecular weight is 447 g/mol. The van der Waals surface area contributed by atoms with Crippen molar-refractivity contribution in [3.8, 4) is 0 Å². The van der Waals surface area contributed by atoms with Crippen molar-refractivity contribution in [3.05, 3.63) is 60.5 Å². The van der Waals surface area contributed by atoms with Gasteiger partial charge in [-0.1, -0.05) is 44.2 Å². The molecule has 5 rings (SSSR count). The van der Waals surface area contributed by atoms with E-state index >= 15 is 0 Å². The summed E-state index contributed by atoms with van der Waals surface area (Å²) in [6, 6.07) is 4.58. The smallest absolute Gasteiger partial charge is 0.160 e. The van der Waals surface area contributed by atoms with Crippen LogP contribution in [0.4, 0.5) is 11.6 Å². The monoisotopic (exact) mass is 446 g/mol. The number of ether oxygens (including phenoxy) is 1. The molecular weight excluding hydrogens is 412 g/mol. The van der Waals surface area contributed by atoms with Crippen LogP contribution in [0.25, 0.3) is 11.2 Å². The zero-order valence-electron chi connectivity index (χ0n) is 19.9. The van der Waals surface area contributed by atoms with Crippen molar-refractivity contribution >= 4 is 22.9 Å². The fraction of sp³-hybridized carbons (Fsp3) is 0.462. The summed E-state index contributed by atoms with van der Waals surface area (Å²) >= 11 is 0. The summed E-state index contributed by atoms with van der Waals surface area (Å²) in [6.07, 6.45) is 18.4. The standard InChI is InChI=1S/C26H34N6O/c1-4-6-7-9-20(8-5-2)21-18-24-27-23(31-13-10-22(29-31)26(3)11-12-26)19-25(32(24)28-21)30-14-16-33-17-15-30/h5-10,13,18-19,22,29H,4,11-12,14-17H2,1-3H3/b7-6+,8-5-,20-9+. The molecular formula is C26H34N6O. The predicted octanol–water partition coefficient (Wildman–Crippen LogP) is 4.50. The van der Waals surface area contributed by atoms with Crippen LogP contribution in [0, 0.1) is 5.41 Å². The third-order valence-corrected chi connectivity index (χ3v) is 6.76. The molecule has 0 amide bonds. The summed E-state index contributed by atoms with van der Waals surface area (Å²) in [5.74, 6) is 1.94. The second-order valence-electron chi connectivity index (χ2n) is 9.30. The van der Waals surface area contributed by atoms with Gasteiger partial charge < -0.3 is 9.64 Å². The van der Waals surface area contributed by atoms with Crippen LogP contribution in [0.3, 0.4) is 0 Å². The molecule has 0 aromatic carbocycles. The van der Waals surface area contributed by atoms with Gasteiger partial charge in [-0.25, -0.2) is 10.4 Å². The van der Waals surface area contributed by atoms with E-state index in [-0.39, 0.29) is 0 Å². The van der Waals surface area contributed by atoms with Gasteiger partial charge in [0.15, 0.2) is 11.5 Å². The van der Waals surface area contributed by atoms with Crippen LogP contribution >= 0.6 is 0 Å². The van der Waals surface area contributed by atoms with Crippen LogP contribution in [0.15, 0.2) is 54.8 Å². The van der Waals surface area contributed by atoms with Crippen LogP contribution < -0.4 is 15.3 Å². The number of allylic oxidation sites excluding steroid dienone is 6. The third-order valence-electron chi connectivity index (χ3n) is 6.76. The maximum atomic E-state index is 5.61. The highest BCUT2D eigenvalue weighted by molar-refractivity contribution is 5.76. The molecule has 0 radical (unpaired) electrons. The molecule has 1 N–H and O–H groups in total. The van der Waals surface area contributed by atoms with Crippen molar-refractivity contribution in [1.82, 2.24) is 20.0 Å². The molecule has 1 saturated carbocycles. The fourth-order valence-electron chi connectivity index (χ4n) is 4.39. The summed E-state index contributed by atoms with van der Waals surface area (Å²) < 4.78 is 7.58. The van der Waals surface area contributed by atoms with Crippen molar-refractivity contribution in [1.29, 1.82) is 0 Å². The number of aromatic nitrogens is 3. The van der Waals surface area contributed by atoms with Crippen LogP contribution in [0.2, 0.25) is 0 Å². The Morgan fingerprint density at radius 2 is 2.09 bits per heavy atom. The first kappa shape index (κ1) is 21.9. The molecule has 2 fully saturated rings. The van der Waals surface area contributed by atoms with Crippen molar-refractivity contribution in [2.24, 2.45) is 5.41 Å². The molecule has 1 atom stereocenters.